The van der Waals surface area contributed by atoms with Gasteiger partial charge in [0.1, 0.15) is 30.4 Å². The van der Waals surface area contributed by atoms with E-state index in [9.17, 15) is 14.6 Å². The van der Waals surface area contributed by atoms with Gasteiger partial charge in [-0.3, -0.25) is 0 Å². The Morgan fingerprint density at radius 1 is 1.29 bits per heavy atom. The molecule has 2 rings (SSSR count). The van der Waals surface area contributed by atoms with Gasteiger partial charge in [-0.1, -0.05) is 0 Å². The zero-order valence-electron chi connectivity index (χ0n) is 9.25. The van der Waals surface area contributed by atoms with Gasteiger partial charge in [-0.15, -0.1) is 0 Å². The summed E-state index contributed by atoms with van der Waals surface area (Å²) >= 11 is 0. The molecular formula is C12H15FO4. The fourth-order valence-corrected chi connectivity index (χ4v) is 1.71. The minimum atomic E-state index is -0.941. The van der Waals surface area contributed by atoms with Crippen molar-refractivity contribution in [1.29, 1.82) is 0 Å². The number of aliphatic hydroxyl groups is 2. The summed E-state index contributed by atoms with van der Waals surface area (Å²) in [5.74, 6) is 0.170. The highest BCUT2D eigenvalue weighted by Crippen LogP contribution is 2.17. The molecule has 1 fully saturated rings. The van der Waals surface area contributed by atoms with Crippen molar-refractivity contribution in [2.24, 2.45) is 0 Å². The van der Waals surface area contributed by atoms with Gasteiger partial charge >= 0.3 is 0 Å². The number of aliphatic hydroxyl groups excluding tert-OH is 2. The van der Waals surface area contributed by atoms with Crippen molar-refractivity contribution in [2.45, 2.75) is 24.7 Å². The minimum Gasteiger partial charge on any atom is -0.491 e. The number of hydrogen-bond donors (Lipinski definition) is 2. The van der Waals surface area contributed by atoms with E-state index < -0.39 is 18.3 Å². The van der Waals surface area contributed by atoms with E-state index in [0.29, 0.717) is 18.8 Å². The minimum absolute atomic E-state index is 0.129. The first-order valence-corrected chi connectivity index (χ1v) is 5.53. The Balaban J connectivity index is 1.87. The second-order valence-corrected chi connectivity index (χ2v) is 4.02. The number of benzene rings is 1. The van der Waals surface area contributed by atoms with Crippen LogP contribution in [0.15, 0.2) is 24.3 Å². The Kier molecular flexibility index (Phi) is 3.93. The molecule has 4 nitrogen and oxygen atoms in total. The fraction of sp³-hybridized carbons (Fsp3) is 0.500. The SMILES string of the molecule is OC1CCOC(COc2ccc(F)cc2)C1O. The van der Waals surface area contributed by atoms with Crippen LogP contribution in [0.4, 0.5) is 4.39 Å². The highest BCUT2D eigenvalue weighted by atomic mass is 19.1. The summed E-state index contributed by atoms with van der Waals surface area (Å²) in [6.45, 7) is 0.527. The molecule has 1 saturated heterocycles. The maximum atomic E-state index is 12.6. The van der Waals surface area contributed by atoms with Crippen molar-refractivity contribution < 1.29 is 24.1 Å². The molecule has 3 atom stereocenters. The van der Waals surface area contributed by atoms with Crippen molar-refractivity contribution >= 4 is 0 Å². The predicted molar refractivity (Wildman–Crippen MR) is 58.3 cm³/mol. The van der Waals surface area contributed by atoms with Gasteiger partial charge in [0.15, 0.2) is 0 Å². The van der Waals surface area contributed by atoms with Crippen LogP contribution >= 0.6 is 0 Å². The molecule has 1 aromatic carbocycles. The molecule has 1 aromatic rings. The fourth-order valence-electron chi connectivity index (χ4n) is 1.71. The monoisotopic (exact) mass is 242 g/mol. The van der Waals surface area contributed by atoms with Crippen molar-refractivity contribution in [3.8, 4) is 5.75 Å². The molecule has 3 unspecified atom stereocenters. The maximum Gasteiger partial charge on any atom is 0.123 e. The van der Waals surface area contributed by atoms with Gasteiger partial charge in [-0.25, -0.2) is 4.39 Å². The Morgan fingerprint density at radius 2 is 2.00 bits per heavy atom. The zero-order valence-corrected chi connectivity index (χ0v) is 9.25. The van der Waals surface area contributed by atoms with Crippen molar-refractivity contribution in [3.63, 3.8) is 0 Å². The van der Waals surface area contributed by atoms with Gasteiger partial charge < -0.3 is 19.7 Å². The van der Waals surface area contributed by atoms with E-state index in [4.69, 9.17) is 9.47 Å². The van der Waals surface area contributed by atoms with Crippen molar-refractivity contribution in [3.05, 3.63) is 30.1 Å². The summed E-state index contributed by atoms with van der Waals surface area (Å²) in [5.41, 5.74) is 0. The molecular weight excluding hydrogens is 227 g/mol. The van der Waals surface area contributed by atoms with E-state index in [1.54, 1.807) is 0 Å². The molecule has 0 radical (unpaired) electrons. The summed E-state index contributed by atoms with van der Waals surface area (Å²) in [4.78, 5) is 0. The molecule has 2 N–H and O–H groups in total. The van der Waals surface area contributed by atoms with Crippen LogP contribution in [0.25, 0.3) is 0 Å². The summed E-state index contributed by atoms with van der Waals surface area (Å²) in [6, 6.07) is 5.59. The van der Waals surface area contributed by atoms with E-state index >= 15 is 0 Å². The van der Waals surface area contributed by atoms with E-state index in [2.05, 4.69) is 0 Å². The Morgan fingerprint density at radius 3 is 2.71 bits per heavy atom. The third-order valence-corrected chi connectivity index (χ3v) is 2.75. The van der Waals surface area contributed by atoms with Crippen molar-refractivity contribution in [1.82, 2.24) is 0 Å². The normalized spacial score (nSPS) is 29.0. The Bertz CT molecular complexity index is 354. The van der Waals surface area contributed by atoms with Crippen LogP contribution in [-0.2, 0) is 4.74 Å². The van der Waals surface area contributed by atoms with Gasteiger partial charge in [-0.2, -0.15) is 0 Å². The third-order valence-electron chi connectivity index (χ3n) is 2.75. The largest absolute Gasteiger partial charge is 0.491 e. The lowest BCUT2D eigenvalue weighted by Crippen LogP contribution is -2.47. The van der Waals surface area contributed by atoms with Crippen LogP contribution in [-0.4, -0.2) is 41.7 Å². The average molecular weight is 242 g/mol. The zero-order chi connectivity index (χ0) is 12.3. The molecule has 0 aromatic heterocycles. The molecule has 0 spiro atoms. The van der Waals surface area contributed by atoms with Crippen LogP contribution in [0.1, 0.15) is 6.42 Å². The van der Waals surface area contributed by atoms with Gasteiger partial charge in [0.25, 0.3) is 0 Å². The van der Waals surface area contributed by atoms with E-state index in [0.717, 1.165) is 0 Å². The molecule has 0 amide bonds. The summed E-state index contributed by atoms with van der Waals surface area (Å²) in [5, 5.41) is 19.1. The Hall–Kier alpha value is -1.17. The molecule has 5 heteroatoms. The van der Waals surface area contributed by atoms with E-state index in [1.165, 1.54) is 24.3 Å². The molecule has 0 bridgehead atoms. The lowest BCUT2D eigenvalue weighted by atomic mass is 10.0. The highest BCUT2D eigenvalue weighted by Gasteiger charge is 2.31. The predicted octanol–water partition coefficient (Wildman–Crippen LogP) is 0.715. The molecule has 0 aliphatic carbocycles. The molecule has 1 aliphatic heterocycles. The van der Waals surface area contributed by atoms with Crippen molar-refractivity contribution in [2.75, 3.05) is 13.2 Å². The second kappa shape index (κ2) is 5.44. The van der Waals surface area contributed by atoms with Crippen LogP contribution in [0, 0.1) is 5.82 Å². The molecule has 0 saturated carbocycles. The van der Waals surface area contributed by atoms with E-state index in [-0.39, 0.29) is 12.4 Å². The average Bonchev–Trinajstić information content (AvgIpc) is 2.33. The third kappa shape index (κ3) is 3.15. The van der Waals surface area contributed by atoms with Crippen LogP contribution in [0.5, 0.6) is 5.75 Å². The smallest absolute Gasteiger partial charge is 0.123 e. The lowest BCUT2D eigenvalue weighted by Gasteiger charge is -2.31. The van der Waals surface area contributed by atoms with Crippen LogP contribution < -0.4 is 4.74 Å². The molecule has 94 valence electrons. The van der Waals surface area contributed by atoms with Gasteiger partial charge in [0, 0.05) is 6.61 Å². The van der Waals surface area contributed by atoms with Crippen LogP contribution in [0.3, 0.4) is 0 Å². The highest BCUT2D eigenvalue weighted by molar-refractivity contribution is 5.22. The number of hydrogen-bond acceptors (Lipinski definition) is 4. The summed E-state index contributed by atoms with van der Waals surface area (Å²) in [7, 11) is 0. The van der Waals surface area contributed by atoms with Gasteiger partial charge in [-0.05, 0) is 30.7 Å². The molecule has 1 aliphatic rings. The van der Waals surface area contributed by atoms with Gasteiger partial charge in [0.2, 0.25) is 0 Å². The maximum absolute atomic E-state index is 12.6. The lowest BCUT2D eigenvalue weighted by molar-refractivity contribution is -0.144. The number of halogens is 1. The van der Waals surface area contributed by atoms with E-state index in [1.807, 2.05) is 0 Å². The summed E-state index contributed by atoms with van der Waals surface area (Å²) < 4.78 is 23.3. The first-order chi connectivity index (χ1) is 8.16. The topological polar surface area (TPSA) is 58.9 Å². The molecule has 17 heavy (non-hydrogen) atoms. The molecule has 1 heterocycles. The van der Waals surface area contributed by atoms with Crippen LogP contribution in [0.2, 0.25) is 0 Å². The second-order valence-electron chi connectivity index (χ2n) is 4.02. The number of rotatable bonds is 3. The Labute approximate surface area is 98.6 Å². The summed E-state index contributed by atoms with van der Waals surface area (Å²) in [6.07, 6.45) is -1.84. The first kappa shape index (κ1) is 12.3. The quantitative estimate of drug-likeness (QED) is 0.819. The first-order valence-electron chi connectivity index (χ1n) is 5.53. The van der Waals surface area contributed by atoms with Gasteiger partial charge in [0.05, 0.1) is 6.10 Å². The standard InChI is InChI=1S/C12H15FO4/c13-8-1-3-9(4-2-8)17-7-11-12(15)10(14)5-6-16-11/h1-4,10-12,14-15H,5-7H2. The number of ether oxygens (including phenoxy) is 2.